The average Bonchev–Trinajstić information content (AvgIpc) is 2.29. The van der Waals surface area contributed by atoms with Crippen LogP contribution in [0.25, 0.3) is 0 Å². The quantitative estimate of drug-likeness (QED) is 0.596. The second-order valence-corrected chi connectivity index (χ2v) is 3.62. The van der Waals surface area contributed by atoms with Gasteiger partial charge in [0.1, 0.15) is 5.82 Å². The smallest absolute Gasteiger partial charge is 0.243 e. The van der Waals surface area contributed by atoms with Gasteiger partial charge in [0.15, 0.2) is 0 Å². The molecule has 5 heteroatoms. The molecule has 0 bridgehead atoms. The first-order valence-electron chi connectivity index (χ1n) is 5.20. The summed E-state index contributed by atoms with van der Waals surface area (Å²) in [7, 11) is 0. The van der Waals surface area contributed by atoms with Crippen molar-refractivity contribution in [3.63, 3.8) is 0 Å². The normalized spacial score (nSPS) is 12.2. The molecule has 0 saturated carbocycles. The standard InChI is InChI=1S/C11H15FN2O2/c1-2-8(3-4-11(15)14-16)9-5-10(12)7-13-6-9/h5-8,16H,2-4H2,1H3,(H,14,15). The van der Waals surface area contributed by atoms with Crippen LogP contribution in [0.3, 0.4) is 0 Å². The molecule has 1 rings (SSSR count). The highest BCUT2D eigenvalue weighted by atomic mass is 19.1. The van der Waals surface area contributed by atoms with E-state index in [2.05, 4.69) is 4.98 Å². The highest BCUT2D eigenvalue weighted by molar-refractivity contribution is 5.74. The van der Waals surface area contributed by atoms with E-state index < -0.39 is 5.91 Å². The highest BCUT2D eigenvalue weighted by Crippen LogP contribution is 2.24. The van der Waals surface area contributed by atoms with Crippen molar-refractivity contribution in [2.75, 3.05) is 0 Å². The Morgan fingerprint density at radius 2 is 2.38 bits per heavy atom. The number of hydroxylamine groups is 1. The van der Waals surface area contributed by atoms with Gasteiger partial charge >= 0.3 is 0 Å². The molecule has 1 unspecified atom stereocenters. The van der Waals surface area contributed by atoms with Crippen LogP contribution in [0.2, 0.25) is 0 Å². The summed E-state index contributed by atoms with van der Waals surface area (Å²) in [5.41, 5.74) is 2.36. The van der Waals surface area contributed by atoms with Crippen LogP contribution < -0.4 is 5.48 Å². The van der Waals surface area contributed by atoms with E-state index >= 15 is 0 Å². The number of hydrogen-bond donors (Lipinski definition) is 2. The first-order valence-corrected chi connectivity index (χ1v) is 5.20. The Morgan fingerprint density at radius 1 is 1.62 bits per heavy atom. The molecular weight excluding hydrogens is 211 g/mol. The van der Waals surface area contributed by atoms with Gasteiger partial charge in [0.25, 0.3) is 0 Å². The Kier molecular flexibility index (Phi) is 4.85. The average molecular weight is 226 g/mol. The summed E-state index contributed by atoms with van der Waals surface area (Å²) in [6.07, 6.45) is 4.33. The molecule has 2 N–H and O–H groups in total. The number of hydrogen-bond acceptors (Lipinski definition) is 3. The molecule has 0 aliphatic heterocycles. The summed E-state index contributed by atoms with van der Waals surface area (Å²) in [5, 5.41) is 8.36. The van der Waals surface area contributed by atoms with Gasteiger partial charge in [-0.15, -0.1) is 0 Å². The Hall–Kier alpha value is -1.49. The maximum atomic E-state index is 12.9. The topological polar surface area (TPSA) is 62.2 Å². The van der Waals surface area contributed by atoms with Gasteiger partial charge in [-0.25, -0.2) is 9.87 Å². The second kappa shape index (κ2) is 6.17. The van der Waals surface area contributed by atoms with E-state index in [1.807, 2.05) is 6.92 Å². The van der Waals surface area contributed by atoms with Gasteiger partial charge in [-0.2, -0.15) is 0 Å². The van der Waals surface area contributed by atoms with Crippen molar-refractivity contribution in [3.8, 4) is 0 Å². The number of nitrogens with one attached hydrogen (secondary N) is 1. The largest absolute Gasteiger partial charge is 0.289 e. The molecule has 0 radical (unpaired) electrons. The van der Waals surface area contributed by atoms with Crippen LogP contribution in [0.5, 0.6) is 0 Å². The highest BCUT2D eigenvalue weighted by Gasteiger charge is 2.12. The van der Waals surface area contributed by atoms with Gasteiger partial charge in [-0.3, -0.25) is 15.0 Å². The molecule has 0 spiro atoms. The predicted molar refractivity (Wildman–Crippen MR) is 56.4 cm³/mol. The van der Waals surface area contributed by atoms with Gasteiger partial charge < -0.3 is 0 Å². The Bertz CT molecular complexity index is 358. The SMILES string of the molecule is CCC(CCC(=O)NO)c1cncc(F)c1. The summed E-state index contributed by atoms with van der Waals surface area (Å²) >= 11 is 0. The number of pyridine rings is 1. The number of nitrogens with zero attached hydrogens (tertiary/aromatic N) is 1. The van der Waals surface area contributed by atoms with E-state index in [1.165, 1.54) is 6.07 Å². The lowest BCUT2D eigenvalue weighted by Crippen LogP contribution is -2.18. The number of halogens is 1. The summed E-state index contributed by atoms with van der Waals surface area (Å²) < 4.78 is 12.9. The van der Waals surface area contributed by atoms with Crippen molar-refractivity contribution in [2.24, 2.45) is 0 Å². The Labute approximate surface area is 93.5 Å². The molecule has 1 atom stereocenters. The van der Waals surface area contributed by atoms with Crippen LogP contribution in [0.4, 0.5) is 4.39 Å². The summed E-state index contributed by atoms with van der Waals surface area (Å²) in [6.45, 7) is 1.96. The van der Waals surface area contributed by atoms with E-state index in [0.29, 0.717) is 6.42 Å². The van der Waals surface area contributed by atoms with Crippen molar-refractivity contribution in [2.45, 2.75) is 32.1 Å². The minimum Gasteiger partial charge on any atom is -0.289 e. The number of carbonyl (C=O) groups is 1. The lowest BCUT2D eigenvalue weighted by molar-refractivity contribution is -0.129. The van der Waals surface area contributed by atoms with Crippen LogP contribution in [0.1, 0.15) is 37.7 Å². The van der Waals surface area contributed by atoms with Crippen molar-refractivity contribution < 1.29 is 14.4 Å². The fourth-order valence-corrected chi connectivity index (χ4v) is 1.62. The van der Waals surface area contributed by atoms with Crippen LogP contribution in [0.15, 0.2) is 18.5 Å². The molecule has 1 aromatic heterocycles. The van der Waals surface area contributed by atoms with Crippen molar-refractivity contribution in [3.05, 3.63) is 29.8 Å². The van der Waals surface area contributed by atoms with Crippen LogP contribution in [0, 0.1) is 5.82 Å². The lowest BCUT2D eigenvalue weighted by atomic mass is 9.93. The van der Waals surface area contributed by atoms with E-state index in [1.54, 1.807) is 11.7 Å². The van der Waals surface area contributed by atoms with E-state index in [9.17, 15) is 9.18 Å². The first-order chi connectivity index (χ1) is 7.67. The minimum absolute atomic E-state index is 0.0838. The molecule has 1 heterocycles. The molecule has 0 aliphatic carbocycles. The molecule has 16 heavy (non-hydrogen) atoms. The monoisotopic (exact) mass is 226 g/mol. The second-order valence-electron chi connectivity index (χ2n) is 3.62. The van der Waals surface area contributed by atoms with Gasteiger partial charge in [-0.1, -0.05) is 6.92 Å². The summed E-state index contributed by atoms with van der Waals surface area (Å²) in [6, 6.07) is 1.43. The molecule has 1 aromatic rings. The fourth-order valence-electron chi connectivity index (χ4n) is 1.62. The molecule has 1 amide bonds. The third-order valence-corrected chi connectivity index (χ3v) is 2.53. The van der Waals surface area contributed by atoms with Crippen molar-refractivity contribution in [1.29, 1.82) is 0 Å². The summed E-state index contributed by atoms with van der Waals surface area (Å²) in [5.74, 6) is -0.717. The molecule has 0 aliphatic rings. The fraction of sp³-hybridized carbons (Fsp3) is 0.455. The molecule has 88 valence electrons. The number of rotatable bonds is 5. The van der Waals surface area contributed by atoms with E-state index in [4.69, 9.17) is 5.21 Å². The van der Waals surface area contributed by atoms with Gasteiger partial charge in [0.2, 0.25) is 5.91 Å². The van der Waals surface area contributed by atoms with E-state index in [0.717, 1.165) is 18.2 Å². The Morgan fingerprint density at radius 3 is 2.94 bits per heavy atom. The number of aromatic nitrogens is 1. The maximum Gasteiger partial charge on any atom is 0.243 e. The molecule has 4 nitrogen and oxygen atoms in total. The van der Waals surface area contributed by atoms with Gasteiger partial charge in [0.05, 0.1) is 6.20 Å². The van der Waals surface area contributed by atoms with E-state index in [-0.39, 0.29) is 18.2 Å². The molecule has 0 saturated heterocycles. The number of amides is 1. The van der Waals surface area contributed by atoms with Crippen LogP contribution in [-0.4, -0.2) is 16.1 Å². The minimum atomic E-state index is -0.428. The van der Waals surface area contributed by atoms with Crippen molar-refractivity contribution in [1.82, 2.24) is 10.5 Å². The number of carbonyl (C=O) groups excluding carboxylic acids is 1. The first kappa shape index (κ1) is 12.6. The third kappa shape index (κ3) is 3.58. The van der Waals surface area contributed by atoms with Crippen LogP contribution in [-0.2, 0) is 4.79 Å². The maximum absolute atomic E-state index is 12.9. The zero-order chi connectivity index (χ0) is 12.0. The molecule has 0 fully saturated rings. The zero-order valence-corrected chi connectivity index (χ0v) is 9.11. The Balaban J connectivity index is 2.64. The lowest BCUT2D eigenvalue weighted by Gasteiger charge is -2.13. The van der Waals surface area contributed by atoms with Crippen LogP contribution >= 0.6 is 0 Å². The molecule has 0 aromatic carbocycles. The molecular formula is C11H15FN2O2. The van der Waals surface area contributed by atoms with Gasteiger partial charge in [0, 0.05) is 12.6 Å². The summed E-state index contributed by atoms with van der Waals surface area (Å²) in [4.78, 5) is 14.7. The zero-order valence-electron chi connectivity index (χ0n) is 9.11. The predicted octanol–water partition coefficient (Wildman–Crippen LogP) is 2.00. The van der Waals surface area contributed by atoms with Gasteiger partial charge in [-0.05, 0) is 30.4 Å². The third-order valence-electron chi connectivity index (χ3n) is 2.53. The van der Waals surface area contributed by atoms with Crippen molar-refractivity contribution >= 4 is 5.91 Å².